The molecule has 0 bridgehead atoms. The van der Waals surface area contributed by atoms with Crippen molar-refractivity contribution in [2.24, 2.45) is 0 Å². The van der Waals surface area contributed by atoms with Gasteiger partial charge in [0, 0.05) is 23.6 Å². The SMILES string of the molecule is Cc1cn(C2CC2)c(=O)n1-c1cccc(N)c1. The molecule has 88 valence electrons. The lowest BCUT2D eigenvalue weighted by Crippen LogP contribution is -2.22. The molecule has 0 unspecified atom stereocenters. The summed E-state index contributed by atoms with van der Waals surface area (Å²) in [5.41, 5.74) is 8.26. The molecule has 0 saturated heterocycles. The molecule has 1 aliphatic carbocycles. The number of hydrogen-bond acceptors (Lipinski definition) is 2. The predicted molar refractivity (Wildman–Crippen MR) is 67.4 cm³/mol. The van der Waals surface area contributed by atoms with Gasteiger partial charge in [-0.05, 0) is 38.0 Å². The number of rotatable bonds is 2. The van der Waals surface area contributed by atoms with Crippen molar-refractivity contribution in [3.8, 4) is 5.69 Å². The average molecular weight is 229 g/mol. The number of anilines is 1. The Morgan fingerprint density at radius 3 is 2.76 bits per heavy atom. The molecule has 0 radical (unpaired) electrons. The zero-order valence-corrected chi connectivity index (χ0v) is 9.76. The maximum absolute atomic E-state index is 12.3. The second-order valence-electron chi connectivity index (χ2n) is 4.62. The Kier molecular flexibility index (Phi) is 2.11. The molecule has 3 rings (SSSR count). The summed E-state index contributed by atoms with van der Waals surface area (Å²) in [5.74, 6) is 0. The van der Waals surface area contributed by atoms with E-state index in [0.717, 1.165) is 24.2 Å². The van der Waals surface area contributed by atoms with Gasteiger partial charge in [0.1, 0.15) is 0 Å². The molecule has 2 N–H and O–H groups in total. The zero-order valence-electron chi connectivity index (χ0n) is 9.76. The molecule has 17 heavy (non-hydrogen) atoms. The number of aryl methyl sites for hydroxylation is 1. The number of nitrogens with zero attached hydrogens (tertiary/aromatic N) is 2. The third-order valence-electron chi connectivity index (χ3n) is 3.16. The Bertz CT molecular complexity index is 620. The van der Waals surface area contributed by atoms with Crippen LogP contribution in [-0.2, 0) is 0 Å². The van der Waals surface area contributed by atoms with E-state index in [-0.39, 0.29) is 5.69 Å². The van der Waals surface area contributed by atoms with Crippen LogP contribution in [0.25, 0.3) is 5.69 Å². The van der Waals surface area contributed by atoms with E-state index in [2.05, 4.69) is 0 Å². The molecule has 0 aliphatic heterocycles. The first-order chi connectivity index (χ1) is 8.16. The highest BCUT2D eigenvalue weighted by molar-refractivity contribution is 5.48. The van der Waals surface area contributed by atoms with Gasteiger partial charge in [0.2, 0.25) is 0 Å². The van der Waals surface area contributed by atoms with Crippen LogP contribution in [0, 0.1) is 6.92 Å². The molecule has 1 aromatic carbocycles. The van der Waals surface area contributed by atoms with Gasteiger partial charge in [-0.25, -0.2) is 4.79 Å². The Balaban J connectivity index is 2.17. The summed E-state index contributed by atoms with van der Waals surface area (Å²) in [7, 11) is 0. The molecule has 0 spiro atoms. The minimum absolute atomic E-state index is 0.0376. The van der Waals surface area contributed by atoms with Gasteiger partial charge in [-0.1, -0.05) is 6.07 Å². The van der Waals surface area contributed by atoms with Crippen molar-refractivity contribution in [2.45, 2.75) is 25.8 Å². The van der Waals surface area contributed by atoms with Crippen molar-refractivity contribution < 1.29 is 0 Å². The van der Waals surface area contributed by atoms with Crippen LogP contribution in [0.5, 0.6) is 0 Å². The fourth-order valence-electron chi connectivity index (χ4n) is 2.17. The smallest absolute Gasteiger partial charge is 0.333 e. The lowest BCUT2D eigenvalue weighted by atomic mass is 10.3. The summed E-state index contributed by atoms with van der Waals surface area (Å²) < 4.78 is 3.55. The fourth-order valence-corrected chi connectivity index (χ4v) is 2.17. The molecule has 1 aliphatic rings. The predicted octanol–water partition coefficient (Wildman–Crippen LogP) is 1.86. The molecule has 0 atom stereocenters. The minimum Gasteiger partial charge on any atom is -0.399 e. The van der Waals surface area contributed by atoms with E-state index in [1.807, 2.05) is 42.0 Å². The fraction of sp³-hybridized carbons (Fsp3) is 0.308. The van der Waals surface area contributed by atoms with Crippen molar-refractivity contribution in [2.75, 3.05) is 5.73 Å². The van der Waals surface area contributed by atoms with Gasteiger partial charge in [0.05, 0.1) is 5.69 Å². The van der Waals surface area contributed by atoms with Crippen molar-refractivity contribution >= 4 is 5.69 Å². The van der Waals surface area contributed by atoms with E-state index >= 15 is 0 Å². The van der Waals surface area contributed by atoms with Gasteiger partial charge in [-0.2, -0.15) is 0 Å². The molecule has 4 nitrogen and oxygen atoms in total. The summed E-state index contributed by atoms with van der Waals surface area (Å²) in [6.07, 6.45) is 4.16. The van der Waals surface area contributed by atoms with Crippen LogP contribution in [0.1, 0.15) is 24.6 Å². The van der Waals surface area contributed by atoms with Crippen LogP contribution in [0.4, 0.5) is 5.69 Å². The second kappa shape index (κ2) is 3.52. The van der Waals surface area contributed by atoms with Crippen LogP contribution in [-0.4, -0.2) is 9.13 Å². The van der Waals surface area contributed by atoms with Gasteiger partial charge in [-0.3, -0.25) is 9.13 Å². The quantitative estimate of drug-likeness (QED) is 0.799. The van der Waals surface area contributed by atoms with Crippen LogP contribution in [0.2, 0.25) is 0 Å². The average Bonchev–Trinajstić information content (AvgIpc) is 3.06. The molecule has 1 heterocycles. The van der Waals surface area contributed by atoms with Gasteiger partial charge in [0.25, 0.3) is 0 Å². The summed E-state index contributed by atoms with van der Waals surface area (Å²) in [6.45, 7) is 1.95. The Labute approximate surface area is 99.3 Å². The number of nitrogen functional groups attached to an aromatic ring is 1. The minimum atomic E-state index is 0.0376. The van der Waals surface area contributed by atoms with Crippen LogP contribution in [0.15, 0.2) is 35.3 Å². The summed E-state index contributed by atoms with van der Waals surface area (Å²) in [5, 5.41) is 0. The Morgan fingerprint density at radius 2 is 2.12 bits per heavy atom. The molecule has 4 heteroatoms. The first kappa shape index (κ1) is 10.2. The van der Waals surface area contributed by atoms with Gasteiger partial charge in [-0.15, -0.1) is 0 Å². The molecule has 1 fully saturated rings. The van der Waals surface area contributed by atoms with Crippen LogP contribution in [0.3, 0.4) is 0 Å². The maximum atomic E-state index is 12.3. The highest BCUT2D eigenvalue weighted by atomic mass is 16.1. The third-order valence-corrected chi connectivity index (χ3v) is 3.16. The van der Waals surface area contributed by atoms with Crippen molar-refractivity contribution in [1.82, 2.24) is 9.13 Å². The zero-order chi connectivity index (χ0) is 12.0. The topological polar surface area (TPSA) is 53.0 Å². The van der Waals surface area contributed by atoms with Crippen LogP contribution >= 0.6 is 0 Å². The standard InChI is InChI=1S/C13H15N3O/c1-9-8-15(11-5-6-11)13(17)16(9)12-4-2-3-10(14)7-12/h2-4,7-8,11H,5-6,14H2,1H3. The van der Waals surface area contributed by atoms with Gasteiger partial charge >= 0.3 is 5.69 Å². The molecule has 2 aromatic rings. The van der Waals surface area contributed by atoms with E-state index in [9.17, 15) is 4.79 Å². The largest absolute Gasteiger partial charge is 0.399 e. The maximum Gasteiger partial charge on any atom is 0.333 e. The van der Waals surface area contributed by atoms with Crippen molar-refractivity contribution in [1.29, 1.82) is 0 Å². The number of nitrogens with two attached hydrogens (primary N) is 1. The second-order valence-corrected chi connectivity index (χ2v) is 4.62. The van der Waals surface area contributed by atoms with E-state index in [1.165, 1.54) is 0 Å². The Morgan fingerprint density at radius 1 is 1.35 bits per heavy atom. The third kappa shape index (κ3) is 1.65. The van der Waals surface area contributed by atoms with Crippen LogP contribution < -0.4 is 11.4 Å². The van der Waals surface area contributed by atoms with Crippen molar-refractivity contribution in [3.05, 3.63) is 46.6 Å². The summed E-state index contributed by atoms with van der Waals surface area (Å²) >= 11 is 0. The molecule has 1 saturated carbocycles. The number of aromatic nitrogens is 2. The highest BCUT2D eigenvalue weighted by Gasteiger charge is 2.26. The van der Waals surface area contributed by atoms with Gasteiger partial charge in [0.15, 0.2) is 0 Å². The number of imidazole rings is 1. The normalized spacial score (nSPS) is 15.1. The molecular formula is C13H15N3O. The molecular weight excluding hydrogens is 214 g/mol. The highest BCUT2D eigenvalue weighted by Crippen LogP contribution is 2.33. The Hall–Kier alpha value is -1.97. The van der Waals surface area contributed by atoms with Gasteiger partial charge < -0.3 is 5.73 Å². The van der Waals surface area contributed by atoms with Crippen molar-refractivity contribution in [3.63, 3.8) is 0 Å². The molecule has 1 aromatic heterocycles. The first-order valence-corrected chi connectivity index (χ1v) is 5.83. The summed E-state index contributed by atoms with van der Waals surface area (Å²) in [6, 6.07) is 7.82. The van der Waals surface area contributed by atoms with E-state index in [0.29, 0.717) is 11.7 Å². The van der Waals surface area contributed by atoms with E-state index < -0.39 is 0 Å². The summed E-state index contributed by atoms with van der Waals surface area (Å²) in [4.78, 5) is 12.3. The first-order valence-electron chi connectivity index (χ1n) is 5.83. The van der Waals surface area contributed by atoms with E-state index in [4.69, 9.17) is 5.73 Å². The van der Waals surface area contributed by atoms with E-state index in [1.54, 1.807) is 4.57 Å². The number of benzene rings is 1. The lowest BCUT2D eigenvalue weighted by Gasteiger charge is -2.04. The number of hydrogen-bond donors (Lipinski definition) is 1. The molecule has 0 amide bonds. The monoisotopic (exact) mass is 229 g/mol. The lowest BCUT2D eigenvalue weighted by molar-refractivity contribution is 0.695.